The summed E-state index contributed by atoms with van der Waals surface area (Å²) in [7, 11) is 0. The lowest BCUT2D eigenvalue weighted by molar-refractivity contribution is 0.953. The summed E-state index contributed by atoms with van der Waals surface area (Å²) in [5, 5.41) is 4.66. The smallest absolute Gasteiger partial charge is 0.238 e. The average Bonchev–Trinajstić information content (AvgIpc) is 3.71. The van der Waals surface area contributed by atoms with Crippen LogP contribution in [0, 0.1) is 0 Å². The number of pyridine rings is 1. The van der Waals surface area contributed by atoms with Crippen molar-refractivity contribution in [3.8, 4) is 45.7 Å². The SMILES string of the molecule is c1ccc(-c2nc(-c3ccccc3)nc(-n3c4ccccc4c4cc(-c5cccc6c5c5ccccc5n6-c5ccccn5)ccc43)n2)cc1. The van der Waals surface area contributed by atoms with E-state index >= 15 is 0 Å². The molecule has 6 aromatic carbocycles. The van der Waals surface area contributed by atoms with Crippen LogP contribution in [-0.4, -0.2) is 29.1 Å². The van der Waals surface area contributed by atoms with E-state index in [9.17, 15) is 0 Å². The fourth-order valence-electron chi connectivity index (χ4n) is 7.25. The van der Waals surface area contributed by atoms with E-state index in [4.69, 9.17) is 19.9 Å². The van der Waals surface area contributed by atoms with Crippen LogP contribution in [0.25, 0.3) is 89.3 Å². The fraction of sp³-hybridized carbons (Fsp3) is 0. The molecular formula is C44H28N6. The van der Waals surface area contributed by atoms with Crippen LogP contribution in [0.1, 0.15) is 0 Å². The Morgan fingerprint density at radius 1 is 0.380 bits per heavy atom. The minimum absolute atomic E-state index is 0.581. The lowest BCUT2D eigenvalue weighted by Crippen LogP contribution is -2.06. The van der Waals surface area contributed by atoms with Crippen molar-refractivity contribution < 1.29 is 0 Å². The average molecular weight is 641 g/mol. The van der Waals surface area contributed by atoms with E-state index in [-0.39, 0.29) is 0 Å². The summed E-state index contributed by atoms with van der Waals surface area (Å²) in [6, 6.07) is 56.6. The lowest BCUT2D eigenvalue weighted by Gasteiger charge is -2.11. The second-order valence-corrected chi connectivity index (χ2v) is 12.3. The van der Waals surface area contributed by atoms with Crippen molar-refractivity contribution in [3.63, 3.8) is 0 Å². The first kappa shape index (κ1) is 28.1. The van der Waals surface area contributed by atoms with Gasteiger partial charge in [-0.05, 0) is 53.6 Å². The van der Waals surface area contributed by atoms with Crippen molar-refractivity contribution in [3.05, 3.63) is 170 Å². The van der Waals surface area contributed by atoms with Crippen molar-refractivity contribution in [1.29, 1.82) is 0 Å². The van der Waals surface area contributed by atoms with E-state index < -0.39 is 0 Å². The molecule has 0 aliphatic carbocycles. The van der Waals surface area contributed by atoms with Gasteiger partial charge in [-0.3, -0.25) is 9.13 Å². The van der Waals surface area contributed by atoms with Gasteiger partial charge < -0.3 is 0 Å². The molecule has 4 heterocycles. The zero-order chi connectivity index (χ0) is 33.0. The van der Waals surface area contributed by atoms with Gasteiger partial charge in [-0.1, -0.05) is 121 Å². The molecule has 0 fully saturated rings. The second kappa shape index (κ2) is 11.4. The minimum Gasteiger partial charge on any atom is -0.294 e. The lowest BCUT2D eigenvalue weighted by atomic mass is 9.98. The molecular weight excluding hydrogens is 613 g/mol. The van der Waals surface area contributed by atoms with Gasteiger partial charge in [0, 0.05) is 38.9 Å². The van der Waals surface area contributed by atoms with Crippen molar-refractivity contribution in [1.82, 2.24) is 29.1 Å². The molecule has 0 saturated carbocycles. The van der Waals surface area contributed by atoms with Gasteiger partial charge in [0.25, 0.3) is 0 Å². The third-order valence-corrected chi connectivity index (χ3v) is 9.45. The van der Waals surface area contributed by atoms with Crippen molar-refractivity contribution in [2.24, 2.45) is 0 Å². The maximum Gasteiger partial charge on any atom is 0.238 e. The van der Waals surface area contributed by atoms with Crippen LogP contribution in [0.2, 0.25) is 0 Å². The molecule has 6 nitrogen and oxygen atoms in total. The third kappa shape index (κ3) is 4.43. The highest BCUT2D eigenvalue weighted by Crippen LogP contribution is 2.40. The molecule has 0 aliphatic rings. The summed E-state index contributed by atoms with van der Waals surface area (Å²) in [5.74, 6) is 2.75. The molecule has 4 aromatic heterocycles. The summed E-state index contributed by atoms with van der Waals surface area (Å²) < 4.78 is 4.43. The Kier molecular flexibility index (Phi) is 6.39. The minimum atomic E-state index is 0.581. The van der Waals surface area contributed by atoms with Crippen LogP contribution < -0.4 is 0 Å². The summed E-state index contributed by atoms with van der Waals surface area (Å²) >= 11 is 0. The van der Waals surface area contributed by atoms with Gasteiger partial charge in [-0.15, -0.1) is 0 Å². The topological polar surface area (TPSA) is 61.4 Å². The number of aromatic nitrogens is 6. The van der Waals surface area contributed by atoms with Crippen molar-refractivity contribution in [2.75, 3.05) is 0 Å². The number of para-hydroxylation sites is 2. The van der Waals surface area contributed by atoms with Gasteiger partial charge in [0.2, 0.25) is 5.95 Å². The fourth-order valence-corrected chi connectivity index (χ4v) is 7.25. The van der Waals surface area contributed by atoms with Crippen LogP contribution in [0.3, 0.4) is 0 Å². The molecule has 6 heteroatoms. The molecule has 10 aromatic rings. The monoisotopic (exact) mass is 640 g/mol. The number of hydrogen-bond donors (Lipinski definition) is 0. The van der Waals surface area contributed by atoms with Crippen LogP contribution in [0.15, 0.2) is 170 Å². The van der Waals surface area contributed by atoms with Gasteiger partial charge in [0.1, 0.15) is 5.82 Å². The first-order valence-electron chi connectivity index (χ1n) is 16.7. The van der Waals surface area contributed by atoms with Crippen LogP contribution in [0.5, 0.6) is 0 Å². The predicted octanol–water partition coefficient (Wildman–Crippen LogP) is 10.5. The standard InChI is InChI=1S/C44H28N6/c1-3-14-29(15-4-1)42-46-43(30-16-5-2-6-17-30)48-44(47-42)50-36-21-9-7-18-33(36)35-28-31(25-26-38(35)50)32-20-13-23-39-41(32)34-19-8-10-22-37(34)49(39)40-24-11-12-27-45-40/h1-28H. The third-order valence-electron chi connectivity index (χ3n) is 9.45. The van der Waals surface area contributed by atoms with Crippen LogP contribution in [-0.2, 0) is 0 Å². The maximum absolute atomic E-state index is 5.09. The van der Waals surface area contributed by atoms with Crippen molar-refractivity contribution in [2.45, 2.75) is 0 Å². The Hall–Kier alpha value is -6.92. The molecule has 0 atom stereocenters. The normalized spacial score (nSPS) is 11.6. The molecule has 0 radical (unpaired) electrons. The molecule has 234 valence electrons. The number of nitrogens with zero attached hydrogens (tertiary/aromatic N) is 6. The quantitative estimate of drug-likeness (QED) is 0.188. The molecule has 0 N–H and O–H groups in total. The molecule has 10 rings (SSSR count). The number of hydrogen-bond acceptors (Lipinski definition) is 4. The molecule has 50 heavy (non-hydrogen) atoms. The van der Waals surface area contributed by atoms with E-state index in [1.54, 1.807) is 0 Å². The van der Waals surface area contributed by atoms with Crippen LogP contribution >= 0.6 is 0 Å². The van der Waals surface area contributed by atoms with E-state index in [0.717, 1.165) is 55.3 Å². The Labute approximate surface area is 287 Å². The highest BCUT2D eigenvalue weighted by Gasteiger charge is 2.20. The van der Waals surface area contributed by atoms with Gasteiger partial charge in [-0.25, -0.2) is 9.97 Å². The Morgan fingerprint density at radius 2 is 0.980 bits per heavy atom. The molecule has 0 spiro atoms. The summed E-state index contributed by atoms with van der Waals surface area (Å²) in [6.07, 6.45) is 1.85. The number of benzene rings is 6. The summed E-state index contributed by atoms with van der Waals surface area (Å²) in [6.45, 7) is 0. The van der Waals surface area contributed by atoms with Gasteiger partial charge in [-0.2, -0.15) is 9.97 Å². The van der Waals surface area contributed by atoms with Crippen LogP contribution in [0.4, 0.5) is 0 Å². The molecule has 0 amide bonds. The van der Waals surface area contributed by atoms with Gasteiger partial charge in [0.15, 0.2) is 11.6 Å². The molecule has 0 unspecified atom stereocenters. The summed E-state index contributed by atoms with van der Waals surface area (Å²) in [4.78, 5) is 19.8. The van der Waals surface area contributed by atoms with Gasteiger partial charge in [0.05, 0.1) is 22.1 Å². The summed E-state index contributed by atoms with van der Waals surface area (Å²) in [5.41, 5.74) is 8.51. The highest BCUT2D eigenvalue weighted by molar-refractivity contribution is 6.17. The van der Waals surface area contributed by atoms with E-state index in [0.29, 0.717) is 17.6 Å². The Morgan fingerprint density at radius 3 is 1.68 bits per heavy atom. The predicted molar refractivity (Wildman–Crippen MR) is 203 cm³/mol. The van der Waals surface area contributed by atoms with Crippen molar-refractivity contribution >= 4 is 43.6 Å². The van der Waals surface area contributed by atoms with E-state index in [2.05, 4.69) is 100 Å². The van der Waals surface area contributed by atoms with E-state index in [1.807, 2.05) is 79.0 Å². The highest BCUT2D eigenvalue weighted by atomic mass is 15.2. The number of rotatable bonds is 5. The Bertz CT molecular complexity index is 2800. The van der Waals surface area contributed by atoms with Gasteiger partial charge >= 0.3 is 0 Å². The number of fused-ring (bicyclic) bond motifs is 6. The molecule has 0 bridgehead atoms. The second-order valence-electron chi connectivity index (χ2n) is 12.3. The zero-order valence-corrected chi connectivity index (χ0v) is 26.8. The van der Waals surface area contributed by atoms with E-state index in [1.165, 1.54) is 16.3 Å². The largest absolute Gasteiger partial charge is 0.294 e. The Balaban J connectivity index is 1.22. The first-order chi connectivity index (χ1) is 24.8. The molecule has 0 aliphatic heterocycles. The molecule has 0 saturated heterocycles. The first-order valence-corrected chi connectivity index (χ1v) is 16.7. The zero-order valence-electron chi connectivity index (χ0n) is 26.8. The maximum atomic E-state index is 5.09.